The van der Waals surface area contributed by atoms with Gasteiger partial charge in [0.25, 0.3) is 0 Å². The highest BCUT2D eigenvalue weighted by Crippen LogP contribution is 2.10. The average molecular weight is 255 g/mol. The highest BCUT2D eigenvalue weighted by Gasteiger charge is 2.04. The molecule has 0 saturated heterocycles. The van der Waals surface area contributed by atoms with Gasteiger partial charge in [0.05, 0.1) is 6.20 Å². The van der Waals surface area contributed by atoms with Gasteiger partial charge in [-0.1, -0.05) is 22.5 Å². The third kappa shape index (κ3) is 1.72. The lowest BCUT2D eigenvalue weighted by Gasteiger charge is -2.03. The fourth-order valence-corrected chi connectivity index (χ4v) is 1.12. The summed E-state index contributed by atoms with van der Waals surface area (Å²) in [5.41, 5.74) is 0.598. The molecule has 0 bridgehead atoms. The second-order valence-electron chi connectivity index (χ2n) is 2.59. The zero-order valence-electron chi connectivity index (χ0n) is 7.18. The summed E-state index contributed by atoms with van der Waals surface area (Å²) >= 11 is 3.24. The van der Waals surface area contributed by atoms with Crippen LogP contribution in [0, 0.1) is 0 Å². The number of rotatable bonds is 3. The van der Waals surface area contributed by atoms with E-state index in [0.29, 0.717) is 18.0 Å². The summed E-state index contributed by atoms with van der Waals surface area (Å²) in [5.74, 6) is 0.637. The molecule has 0 aromatic carbocycles. The number of halogens is 1. The molecule has 0 amide bonds. The van der Waals surface area contributed by atoms with Crippen LogP contribution in [-0.4, -0.2) is 31.6 Å². The quantitative estimate of drug-likeness (QED) is 0.880. The first-order valence-electron chi connectivity index (χ1n) is 3.87. The van der Waals surface area contributed by atoms with Crippen LogP contribution in [0.5, 0.6) is 0 Å². The van der Waals surface area contributed by atoms with E-state index in [2.05, 4.69) is 48.3 Å². The minimum atomic E-state index is 0.583. The Morgan fingerprint density at radius 2 is 2.50 bits per heavy atom. The highest BCUT2D eigenvalue weighted by molar-refractivity contribution is 9.11. The van der Waals surface area contributed by atoms with Crippen molar-refractivity contribution >= 4 is 27.4 Å². The molecule has 0 aliphatic heterocycles. The molecule has 14 heavy (non-hydrogen) atoms. The van der Waals surface area contributed by atoms with Crippen LogP contribution in [0.15, 0.2) is 23.5 Å². The van der Waals surface area contributed by atoms with Crippen molar-refractivity contribution in [1.82, 2.24) is 25.0 Å². The maximum atomic E-state index is 4.11. The normalized spacial score (nSPS) is 10.4. The van der Waals surface area contributed by atoms with Gasteiger partial charge in [0, 0.05) is 17.2 Å². The molecule has 1 N–H and O–H groups in total. The van der Waals surface area contributed by atoms with Gasteiger partial charge < -0.3 is 5.32 Å². The number of nitrogens with zero attached hydrogens (tertiary/aromatic N) is 5. The van der Waals surface area contributed by atoms with Gasteiger partial charge in [-0.3, -0.25) is 0 Å². The Kier molecular flexibility index (Phi) is 2.40. The summed E-state index contributed by atoms with van der Waals surface area (Å²) in [6, 6.07) is 0. The van der Waals surface area contributed by atoms with E-state index in [-0.39, 0.29) is 0 Å². The minimum Gasteiger partial charge on any atom is -0.362 e. The van der Waals surface area contributed by atoms with Crippen LogP contribution in [0.4, 0.5) is 5.82 Å². The van der Waals surface area contributed by atoms with Crippen molar-refractivity contribution < 1.29 is 0 Å². The molecule has 2 rings (SSSR count). The molecule has 0 fully saturated rings. The van der Waals surface area contributed by atoms with Crippen LogP contribution in [0.1, 0.15) is 0 Å². The Labute approximate surface area is 88.2 Å². The third-order valence-corrected chi connectivity index (χ3v) is 1.84. The van der Waals surface area contributed by atoms with Crippen molar-refractivity contribution in [2.24, 2.45) is 0 Å². The number of hydrogen-bond acceptors (Lipinski definition) is 5. The number of tetrazole rings is 1. The predicted octanol–water partition coefficient (Wildman–Crippen LogP) is 0.840. The van der Waals surface area contributed by atoms with Gasteiger partial charge in [-0.25, -0.2) is 4.98 Å². The van der Waals surface area contributed by atoms with E-state index < -0.39 is 0 Å². The molecule has 0 spiro atoms. The summed E-state index contributed by atoms with van der Waals surface area (Å²) in [5, 5.41) is 14.2. The third-order valence-electron chi connectivity index (χ3n) is 1.56. The lowest BCUT2D eigenvalue weighted by molar-refractivity contribution is 0.820. The van der Waals surface area contributed by atoms with Gasteiger partial charge in [0.1, 0.15) is 0 Å². The molecule has 0 aliphatic carbocycles. The van der Waals surface area contributed by atoms with Gasteiger partial charge in [-0.15, -0.1) is 5.10 Å². The molecule has 7 heteroatoms. The van der Waals surface area contributed by atoms with E-state index in [0.717, 1.165) is 4.48 Å². The molecule has 0 aliphatic rings. The molecular weight excluding hydrogens is 248 g/mol. The Balaban J connectivity index is 2.32. The highest BCUT2D eigenvalue weighted by atomic mass is 79.9. The van der Waals surface area contributed by atoms with Crippen LogP contribution >= 0.6 is 15.9 Å². The monoisotopic (exact) mass is 254 g/mol. The van der Waals surface area contributed by atoms with Crippen LogP contribution in [0.2, 0.25) is 0 Å². The van der Waals surface area contributed by atoms with Gasteiger partial charge in [0.15, 0.2) is 5.82 Å². The molecule has 0 saturated carbocycles. The van der Waals surface area contributed by atoms with Crippen molar-refractivity contribution in [3.05, 3.63) is 23.5 Å². The molecule has 2 heterocycles. The zero-order valence-corrected chi connectivity index (χ0v) is 8.77. The molecule has 72 valence electrons. The largest absolute Gasteiger partial charge is 0.362 e. The first kappa shape index (κ1) is 9.07. The van der Waals surface area contributed by atoms with E-state index in [1.165, 1.54) is 0 Å². The van der Waals surface area contributed by atoms with Gasteiger partial charge >= 0.3 is 0 Å². The number of hydrogen-bond donors (Lipinski definition) is 1. The Morgan fingerprint density at radius 1 is 1.64 bits per heavy atom. The fourth-order valence-electron chi connectivity index (χ4n) is 0.983. The molecule has 2 aromatic heterocycles. The summed E-state index contributed by atoms with van der Waals surface area (Å²) in [4.78, 5) is 4.11. The molecule has 2 aromatic rings. The standard InChI is InChI=1S/C7H7BrN6/c1-5(8)4-10-6-7-11-12-13-14(7)3-2-9-6/h2-3H,1,4H2,(H,9,10). The summed E-state index contributed by atoms with van der Waals surface area (Å²) in [6.45, 7) is 4.29. The number of nitrogens with one attached hydrogen (secondary N) is 1. The van der Waals surface area contributed by atoms with Gasteiger partial charge in [0.2, 0.25) is 5.65 Å². The van der Waals surface area contributed by atoms with Crippen molar-refractivity contribution in [3.8, 4) is 0 Å². The Bertz CT molecular complexity index is 464. The Morgan fingerprint density at radius 3 is 3.29 bits per heavy atom. The summed E-state index contributed by atoms with van der Waals surface area (Å²) < 4.78 is 2.39. The maximum Gasteiger partial charge on any atom is 0.221 e. The second kappa shape index (κ2) is 3.70. The van der Waals surface area contributed by atoms with Crippen LogP contribution in [0.3, 0.4) is 0 Å². The van der Waals surface area contributed by atoms with Gasteiger partial charge in [-0.05, 0) is 10.4 Å². The lowest BCUT2D eigenvalue weighted by Crippen LogP contribution is -2.04. The average Bonchev–Trinajstić information content (AvgIpc) is 2.62. The predicted molar refractivity (Wildman–Crippen MR) is 55.1 cm³/mol. The number of aromatic nitrogens is 5. The molecule has 0 atom stereocenters. The number of fused-ring (bicyclic) bond motifs is 1. The van der Waals surface area contributed by atoms with Crippen molar-refractivity contribution in [2.75, 3.05) is 11.9 Å². The van der Waals surface area contributed by atoms with E-state index >= 15 is 0 Å². The molecule has 6 nitrogen and oxygen atoms in total. The topological polar surface area (TPSA) is 68.0 Å². The van der Waals surface area contributed by atoms with Crippen molar-refractivity contribution in [1.29, 1.82) is 0 Å². The molecule has 0 unspecified atom stereocenters. The van der Waals surface area contributed by atoms with E-state index in [9.17, 15) is 0 Å². The first-order chi connectivity index (χ1) is 6.77. The zero-order chi connectivity index (χ0) is 9.97. The van der Waals surface area contributed by atoms with Crippen molar-refractivity contribution in [3.63, 3.8) is 0 Å². The minimum absolute atomic E-state index is 0.583. The van der Waals surface area contributed by atoms with Gasteiger partial charge in [-0.2, -0.15) is 4.52 Å². The maximum absolute atomic E-state index is 4.11. The van der Waals surface area contributed by atoms with E-state index in [4.69, 9.17) is 0 Å². The van der Waals surface area contributed by atoms with Crippen LogP contribution in [0.25, 0.3) is 5.65 Å². The van der Waals surface area contributed by atoms with Crippen molar-refractivity contribution in [2.45, 2.75) is 0 Å². The second-order valence-corrected chi connectivity index (χ2v) is 3.72. The summed E-state index contributed by atoms with van der Waals surface area (Å²) in [7, 11) is 0. The van der Waals surface area contributed by atoms with E-state index in [1.54, 1.807) is 16.9 Å². The summed E-state index contributed by atoms with van der Waals surface area (Å²) in [6.07, 6.45) is 3.31. The SMILES string of the molecule is C=C(Br)CNc1nccn2nnnc12. The number of anilines is 1. The fraction of sp³-hybridized carbons (Fsp3) is 0.143. The Hall–Kier alpha value is -1.50. The molecular formula is C7H7BrN6. The smallest absolute Gasteiger partial charge is 0.221 e. The van der Waals surface area contributed by atoms with E-state index in [1.807, 2.05) is 0 Å². The molecule has 0 radical (unpaired) electrons. The lowest BCUT2D eigenvalue weighted by atomic mass is 10.5. The van der Waals surface area contributed by atoms with Crippen LogP contribution in [-0.2, 0) is 0 Å². The first-order valence-corrected chi connectivity index (χ1v) is 4.66. The van der Waals surface area contributed by atoms with Crippen LogP contribution < -0.4 is 5.32 Å².